The number of nitrogens with one attached hydrogen (secondary N) is 2. The molecule has 0 spiro atoms. The average Bonchev–Trinajstić information content (AvgIpc) is 3.67. The first-order chi connectivity index (χ1) is 22.7. The van der Waals surface area contributed by atoms with Gasteiger partial charge in [-0.3, -0.25) is 0 Å². The zero-order valence-corrected chi connectivity index (χ0v) is 42.6. The minimum absolute atomic E-state index is 0. The first kappa shape index (κ1) is 43.1. The van der Waals surface area contributed by atoms with E-state index in [0.717, 1.165) is 0 Å². The molecule has 0 fully saturated rings. The molecule has 4 aromatic rings. The maximum absolute atomic E-state index is 4.10. The van der Waals surface area contributed by atoms with Crippen LogP contribution >= 0.6 is 0 Å². The number of hydrogen-bond donors (Lipinski definition) is 2. The number of halogens is 2. The van der Waals surface area contributed by atoms with Gasteiger partial charge in [-0.15, -0.1) is 0 Å². The van der Waals surface area contributed by atoms with Crippen molar-refractivity contribution < 1.29 is 66.6 Å². The van der Waals surface area contributed by atoms with Crippen LogP contribution in [0.25, 0.3) is 12.2 Å². The topological polar surface area (TPSA) is 24.1 Å². The Morgan fingerprint density at radius 1 is 0.500 bits per heavy atom. The molecule has 0 radical (unpaired) electrons. The molecular weight excluding hydrogens is 1020 g/mol. The van der Waals surface area contributed by atoms with Crippen molar-refractivity contribution in [2.24, 2.45) is 0 Å². The van der Waals surface area contributed by atoms with Gasteiger partial charge in [0.25, 0.3) is 0 Å². The quantitative estimate of drug-likeness (QED) is 0.233. The minimum atomic E-state index is -1.96. The maximum Gasteiger partial charge on any atom is -1.00 e. The van der Waals surface area contributed by atoms with Crippen LogP contribution in [0.15, 0.2) is 109 Å². The number of rotatable bonds is 8. The van der Waals surface area contributed by atoms with Gasteiger partial charge in [0.1, 0.15) is 0 Å². The zero-order valence-electron chi connectivity index (χ0n) is 31.6. The fraction of sp³-hybridized carbons (Fsp3) is 0.333. The van der Waals surface area contributed by atoms with Crippen LogP contribution in [0.1, 0.15) is 82.3 Å². The second-order valence-corrected chi connectivity index (χ2v) is 68.6. The van der Waals surface area contributed by atoms with Crippen LogP contribution in [-0.2, 0) is 52.6 Å². The molecule has 2 unspecified atom stereocenters. The summed E-state index contributed by atoms with van der Waals surface area (Å²) < 4.78 is 9.60. The van der Waals surface area contributed by atoms with Crippen LogP contribution < -0.4 is 31.4 Å². The van der Waals surface area contributed by atoms with Crippen molar-refractivity contribution in [1.82, 2.24) is 0 Å². The van der Waals surface area contributed by atoms with Gasteiger partial charge in [0.2, 0.25) is 0 Å². The number of allylic oxidation sites excluding steroid dienone is 2. The normalized spacial score (nSPS) is 15.7. The molecule has 0 aromatic heterocycles. The standard InChI is InChI=1S/2C10H14N.2C9H7.2C2H7Si.2ClH.2Hf/c2*1-10(2,3)8-5-4-6-9(11)7-8;2*1-2-5-9-7-3-6-8(9)4-1;2*1-3-2;;;;/h2*4-7,11H,1-3H3;2*1-7H;2*3H,1-2H3;2*1H;;/q2*-1;;;;;;;2*+2/p-2. The molecule has 264 valence electrons. The molecule has 8 heteroatoms. The SMILES string of the molecule is C[SiH](C)[Hf+]([NH]c1cccc(C(C)(C)C)c1)[CH]1C=Cc2ccccc21.C[SiH](C)[Hf+]([NH]c1cccc(C(C)(C)C)c1)[CH]1C=Cc2ccccc21.[Cl-].[Cl-]. The Bertz CT molecular complexity index is 1630. The van der Waals surface area contributed by atoms with E-state index < -0.39 is 53.8 Å². The third-order valence-electron chi connectivity index (χ3n) is 9.55. The predicted octanol–water partition coefficient (Wildman–Crippen LogP) is 5.37. The predicted molar refractivity (Wildman–Crippen MR) is 212 cm³/mol. The van der Waals surface area contributed by atoms with Gasteiger partial charge in [0.05, 0.1) is 0 Å². The van der Waals surface area contributed by atoms with Crippen molar-refractivity contribution in [3.05, 3.63) is 143 Å². The van der Waals surface area contributed by atoms with Crippen molar-refractivity contribution in [3.63, 3.8) is 0 Å². The first-order valence-electron chi connectivity index (χ1n) is 17.7. The van der Waals surface area contributed by atoms with Gasteiger partial charge in [0.15, 0.2) is 0 Å². The molecule has 0 aliphatic heterocycles. The van der Waals surface area contributed by atoms with Crippen molar-refractivity contribution in [1.29, 1.82) is 0 Å². The van der Waals surface area contributed by atoms with Crippen LogP contribution in [0.5, 0.6) is 0 Å². The van der Waals surface area contributed by atoms with Crippen molar-refractivity contribution in [3.8, 4) is 0 Å². The van der Waals surface area contributed by atoms with Gasteiger partial charge in [-0.2, -0.15) is 0 Å². The summed E-state index contributed by atoms with van der Waals surface area (Å²) in [7, 11) is 0. The largest absolute Gasteiger partial charge is 1.00 e. The van der Waals surface area contributed by atoms with Gasteiger partial charge in [0, 0.05) is 0 Å². The van der Waals surface area contributed by atoms with Crippen molar-refractivity contribution in [2.75, 3.05) is 6.61 Å². The molecule has 0 bridgehead atoms. The van der Waals surface area contributed by atoms with Crippen LogP contribution in [0.4, 0.5) is 11.4 Å². The molecule has 2 aliphatic carbocycles. The van der Waals surface area contributed by atoms with Crippen LogP contribution in [-0.4, -0.2) is 12.0 Å². The third-order valence-corrected chi connectivity index (χ3v) is 59.7. The van der Waals surface area contributed by atoms with E-state index in [1.165, 1.54) is 33.6 Å². The molecule has 0 amide bonds. The second kappa shape index (κ2) is 18.7. The molecule has 50 heavy (non-hydrogen) atoms. The van der Waals surface area contributed by atoms with E-state index in [4.69, 9.17) is 0 Å². The Morgan fingerprint density at radius 3 is 1.20 bits per heavy atom. The Morgan fingerprint density at radius 2 is 0.860 bits per heavy atom. The van der Waals surface area contributed by atoms with E-state index in [1.807, 2.05) is 0 Å². The van der Waals surface area contributed by atoms with Crippen LogP contribution in [0, 0.1) is 0 Å². The number of fused-ring (bicyclic) bond motifs is 2. The summed E-state index contributed by atoms with van der Waals surface area (Å²) >= 11 is -3.92. The molecule has 0 saturated heterocycles. The molecule has 0 heterocycles. The summed E-state index contributed by atoms with van der Waals surface area (Å²) in [5.41, 5.74) is 12.0. The molecule has 2 N–H and O–H groups in total. The van der Waals surface area contributed by atoms with E-state index in [1.54, 1.807) is 11.1 Å². The molecule has 2 atom stereocenters. The zero-order chi connectivity index (χ0) is 34.6. The Hall–Kier alpha value is -1.29. The summed E-state index contributed by atoms with van der Waals surface area (Å²) in [6, 6.07) is 36.2. The van der Waals surface area contributed by atoms with E-state index in [-0.39, 0.29) is 35.6 Å². The maximum atomic E-state index is 4.10. The van der Waals surface area contributed by atoms with Gasteiger partial charge >= 0.3 is 312 Å². The first-order valence-corrected chi connectivity index (χ1v) is 43.7. The molecular formula is C42H56Cl2Hf2N2Si2. The smallest absolute Gasteiger partial charge is 1.00 e. The fourth-order valence-electron chi connectivity index (χ4n) is 6.66. The molecule has 2 aliphatic rings. The fourth-order valence-corrected chi connectivity index (χ4v) is 49.0. The molecule has 6 rings (SSSR count). The van der Waals surface area contributed by atoms with E-state index in [2.05, 4.69) is 196 Å². The summed E-state index contributed by atoms with van der Waals surface area (Å²) in [6.45, 7) is 23.9. The average molecular weight is 1070 g/mol. The van der Waals surface area contributed by atoms with Crippen LogP contribution in [0.2, 0.25) is 26.2 Å². The summed E-state index contributed by atoms with van der Waals surface area (Å²) in [5, 5.41) is 0. The Balaban J connectivity index is 0.000000260. The Labute approximate surface area is 333 Å². The molecule has 4 aromatic carbocycles. The van der Waals surface area contributed by atoms with E-state index >= 15 is 0 Å². The monoisotopic (exact) mass is 1070 g/mol. The third kappa shape index (κ3) is 10.9. The second-order valence-electron chi connectivity index (χ2n) is 16.1. The number of hydrogen-bond acceptors (Lipinski definition) is 2. The van der Waals surface area contributed by atoms with Crippen LogP contribution in [0.3, 0.4) is 0 Å². The van der Waals surface area contributed by atoms with E-state index in [0.29, 0.717) is 7.35 Å². The summed E-state index contributed by atoms with van der Waals surface area (Å²) in [4.78, 5) is 0. The Kier molecular flexibility index (Phi) is 16.1. The van der Waals surface area contributed by atoms with E-state index in [9.17, 15) is 0 Å². The molecule has 0 saturated carbocycles. The minimum Gasteiger partial charge on any atom is -1.00 e. The summed E-state index contributed by atoms with van der Waals surface area (Å²) in [5.74, 6) is -1.35. The van der Waals surface area contributed by atoms with Gasteiger partial charge in [-0.25, -0.2) is 0 Å². The molecule has 2 nitrogen and oxygen atoms in total. The van der Waals surface area contributed by atoms with Gasteiger partial charge in [-0.05, 0) is 0 Å². The van der Waals surface area contributed by atoms with Crippen molar-refractivity contribution >= 4 is 35.5 Å². The summed E-state index contributed by atoms with van der Waals surface area (Å²) in [6.07, 6.45) is 9.66. The van der Waals surface area contributed by atoms with Gasteiger partial charge < -0.3 is 24.8 Å². The van der Waals surface area contributed by atoms with Crippen molar-refractivity contribution in [2.45, 2.75) is 85.9 Å². The van der Waals surface area contributed by atoms with Gasteiger partial charge in [-0.1, -0.05) is 0 Å². The number of anilines is 2. The number of benzene rings is 4.